The van der Waals surface area contributed by atoms with Crippen molar-refractivity contribution in [1.29, 1.82) is 0 Å². The van der Waals surface area contributed by atoms with Gasteiger partial charge in [-0.05, 0) is 31.5 Å². The Hall–Kier alpha value is -1.13. The number of hydrogen-bond acceptors (Lipinski definition) is 3. The number of aromatic nitrogens is 1. The standard InChI is InChI=1S/C13H16ClN3O/c14-12-8-10(3-4-15-12)13(18)17-7-6-16-5-1-2-11(16)9-17/h3-4,8,11H,1-2,5-7,9H2. The van der Waals surface area contributed by atoms with Gasteiger partial charge in [-0.1, -0.05) is 11.6 Å². The second-order valence-corrected chi connectivity index (χ2v) is 5.34. The molecule has 18 heavy (non-hydrogen) atoms. The Balaban J connectivity index is 1.73. The number of hydrogen-bond donors (Lipinski definition) is 0. The van der Waals surface area contributed by atoms with Crippen molar-refractivity contribution in [2.24, 2.45) is 0 Å². The van der Waals surface area contributed by atoms with Crippen molar-refractivity contribution in [3.05, 3.63) is 29.0 Å². The molecule has 4 nitrogen and oxygen atoms in total. The smallest absolute Gasteiger partial charge is 0.254 e. The second-order valence-electron chi connectivity index (χ2n) is 4.95. The number of amides is 1. The highest BCUT2D eigenvalue weighted by Crippen LogP contribution is 2.22. The maximum atomic E-state index is 12.4. The Morgan fingerprint density at radius 3 is 3.11 bits per heavy atom. The lowest BCUT2D eigenvalue weighted by Crippen LogP contribution is -2.52. The Morgan fingerprint density at radius 1 is 1.39 bits per heavy atom. The minimum atomic E-state index is 0.0749. The van der Waals surface area contributed by atoms with E-state index in [1.165, 1.54) is 19.4 Å². The lowest BCUT2D eigenvalue weighted by atomic mass is 10.1. The highest BCUT2D eigenvalue weighted by Gasteiger charge is 2.32. The van der Waals surface area contributed by atoms with E-state index < -0.39 is 0 Å². The zero-order valence-electron chi connectivity index (χ0n) is 10.2. The van der Waals surface area contributed by atoms with E-state index in [2.05, 4.69) is 9.88 Å². The van der Waals surface area contributed by atoms with E-state index in [1.807, 2.05) is 4.90 Å². The molecule has 0 bridgehead atoms. The SMILES string of the molecule is O=C(c1ccnc(Cl)c1)N1CCN2CCCC2C1. The number of rotatable bonds is 1. The molecule has 0 saturated carbocycles. The molecule has 2 saturated heterocycles. The molecule has 5 heteroatoms. The topological polar surface area (TPSA) is 36.4 Å². The van der Waals surface area contributed by atoms with E-state index in [1.54, 1.807) is 18.3 Å². The molecule has 3 heterocycles. The van der Waals surface area contributed by atoms with Gasteiger partial charge in [0.1, 0.15) is 5.15 Å². The van der Waals surface area contributed by atoms with Gasteiger partial charge in [-0.2, -0.15) is 0 Å². The van der Waals surface area contributed by atoms with E-state index in [-0.39, 0.29) is 5.91 Å². The summed E-state index contributed by atoms with van der Waals surface area (Å²) in [5.74, 6) is 0.0749. The van der Waals surface area contributed by atoms with Crippen molar-refractivity contribution in [3.63, 3.8) is 0 Å². The molecule has 0 aliphatic carbocycles. The molecule has 0 aromatic carbocycles. The zero-order valence-corrected chi connectivity index (χ0v) is 10.9. The fourth-order valence-corrected chi connectivity index (χ4v) is 3.07. The lowest BCUT2D eigenvalue weighted by Gasteiger charge is -2.37. The van der Waals surface area contributed by atoms with Crippen molar-refractivity contribution < 1.29 is 4.79 Å². The largest absolute Gasteiger partial charge is 0.336 e. The van der Waals surface area contributed by atoms with E-state index in [9.17, 15) is 4.79 Å². The first-order valence-corrected chi connectivity index (χ1v) is 6.77. The molecule has 1 atom stereocenters. The number of halogens is 1. The van der Waals surface area contributed by atoms with E-state index >= 15 is 0 Å². The number of nitrogens with zero attached hydrogens (tertiary/aromatic N) is 3. The van der Waals surface area contributed by atoms with Crippen molar-refractivity contribution >= 4 is 17.5 Å². The van der Waals surface area contributed by atoms with Gasteiger partial charge >= 0.3 is 0 Å². The summed E-state index contributed by atoms with van der Waals surface area (Å²) in [4.78, 5) is 20.7. The molecule has 2 aliphatic heterocycles. The van der Waals surface area contributed by atoms with Crippen molar-refractivity contribution in [2.45, 2.75) is 18.9 Å². The first-order valence-electron chi connectivity index (χ1n) is 6.39. The van der Waals surface area contributed by atoms with Crippen LogP contribution in [0.1, 0.15) is 23.2 Å². The molecule has 2 aliphatic rings. The van der Waals surface area contributed by atoms with E-state index in [0.717, 1.165) is 19.6 Å². The van der Waals surface area contributed by atoms with Crippen LogP contribution in [0.2, 0.25) is 5.15 Å². The molecule has 0 spiro atoms. The van der Waals surface area contributed by atoms with Gasteiger partial charge in [0.05, 0.1) is 0 Å². The minimum absolute atomic E-state index is 0.0749. The van der Waals surface area contributed by atoms with E-state index in [0.29, 0.717) is 16.8 Å². The van der Waals surface area contributed by atoms with Crippen LogP contribution in [0, 0.1) is 0 Å². The Kier molecular flexibility index (Phi) is 3.22. The van der Waals surface area contributed by atoms with Crippen LogP contribution in [0.25, 0.3) is 0 Å². The van der Waals surface area contributed by atoms with Crippen LogP contribution in [-0.4, -0.2) is 52.9 Å². The first kappa shape index (κ1) is 11.9. The molecule has 0 radical (unpaired) electrons. The summed E-state index contributed by atoms with van der Waals surface area (Å²) in [6.07, 6.45) is 4.05. The molecule has 0 N–H and O–H groups in total. The van der Waals surface area contributed by atoms with Crippen LogP contribution in [-0.2, 0) is 0 Å². The molecule has 1 aromatic heterocycles. The van der Waals surface area contributed by atoms with Crippen LogP contribution in [0.4, 0.5) is 0 Å². The normalized spacial score (nSPS) is 24.1. The summed E-state index contributed by atoms with van der Waals surface area (Å²) in [5, 5.41) is 0.375. The van der Waals surface area contributed by atoms with Gasteiger partial charge in [0.25, 0.3) is 5.91 Å². The number of piperazine rings is 1. The monoisotopic (exact) mass is 265 g/mol. The van der Waals surface area contributed by atoms with Gasteiger partial charge < -0.3 is 4.90 Å². The molecule has 1 unspecified atom stereocenters. The van der Waals surface area contributed by atoms with Gasteiger partial charge in [0.2, 0.25) is 0 Å². The highest BCUT2D eigenvalue weighted by molar-refractivity contribution is 6.29. The molecule has 2 fully saturated rings. The third kappa shape index (κ3) is 2.22. The summed E-state index contributed by atoms with van der Waals surface area (Å²) in [6, 6.07) is 3.93. The van der Waals surface area contributed by atoms with Gasteiger partial charge in [-0.15, -0.1) is 0 Å². The summed E-state index contributed by atoms with van der Waals surface area (Å²) in [7, 11) is 0. The van der Waals surface area contributed by atoms with Crippen LogP contribution in [0.5, 0.6) is 0 Å². The van der Waals surface area contributed by atoms with Gasteiger partial charge in [-0.25, -0.2) is 4.98 Å². The number of fused-ring (bicyclic) bond motifs is 1. The Bertz CT molecular complexity index is 465. The summed E-state index contributed by atoms with van der Waals surface area (Å²) < 4.78 is 0. The molecule has 3 rings (SSSR count). The van der Waals surface area contributed by atoms with Gasteiger partial charge in [-0.3, -0.25) is 9.69 Å². The van der Waals surface area contributed by atoms with Gasteiger partial charge in [0.15, 0.2) is 0 Å². The van der Waals surface area contributed by atoms with Crippen LogP contribution >= 0.6 is 11.6 Å². The number of pyridine rings is 1. The zero-order chi connectivity index (χ0) is 12.5. The third-order valence-corrected chi connectivity index (χ3v) is 4.05. The van der Waals surface area contributed by atoms with Crippen molar-refractivity contribution in [2.75, 3.05) is 26.2 Å². The summed E-state index contributed by atoms with van der Waals surface area (Å²) in [6.45, 7) is 3.84. The van der Waals surface area contributed by atoms with Crippen molar-refractivity contribution in [3.8, 4) is 0 Å². The van der Waals surface area contributed by atoms with Crippen molar-refractivity contribution in [1.82, 2.24) is 14.8 Å². The number of carbonyl (C=O) groups is 1. The first-order chi connectivity index (χ1) is 8.74. The summed E-state index contributed by atoms with van der Waals surface area (Å²) in [5.41, 5.74) is 0.640. The van der Waals surface area contributed by atoms with Crippen LogP contribution < -0.4 is 0 Å². The van der Waals surface area contributed by atoms with Crippen LogP contribution in [0.15, 0.2) is 18.3 Å². The summed E-state index contributed by atoms with van der Waals surface area (Å²) >= 11 is 5.83. The molecule has 96 valence electrons. The molecular formula is C13H16ClN3O. The molecule has 1 amide bonds. The lowest BCUT2D eigenvalue weighted by molar-refractivity contribution is 0.0571. The van der Waals surface area contributed by atoms with E-state index in [4.69, 9.17) is 11.6 Å². The third-order valence-electron chi connectivity index (χ3n) is 3.85. The average Bonchev–Trinajstić information content (AvgIpc) is 2.85. The van der Waals surface area contributed by atoms with Crippen LogP contribution in [0.3, 0.4) is 0 Å². The van der Waals surface area contributed by atoms with Gasteiger partial charge in [0, 0.05) is 37.4 Å². The maximum Gasteiger partial charge on any atom is 0.254 e. The fourth-order valence-electron chi connectivity index (χ4n) is 2.89. The predicted molar refractivity (Wildman–Crippen MR) is 69.7 cm³/mol. The average molecular weight is 266 g/mol. The second kappa shape index (κ2) is 4.86. The molecular weight excluding hydrogens is 250 g/mol. The maximum absolute atomic E-state index is 12.4. The highest BCUT2D eigenvalue weighted by atomic mass is 35.5. The number of carbonyl (C=O) groups excluding carboxylic acids is 1. The molecule has 1 aromatic rings. The Labute approximate surface area is 112 Å². The fraction of sp³-hybridized carbons (Fsp3) is 0.538. The minimum Gasteiger partial charge on any atom is -0.336 e. The predicted octanol–water partition coefficient (Wildman–Crippen LogP) is 1.66. The quantitative estimate of drug-likeness (QED) is 0.725. The Morgan fingerprint density at radius 2 is 2.28 bits per heavy atom.